The van der Waals surface area contributed by atoms with Gasteiger partial charge in [-0.15, -0.1) is 11.3 Å². The number of likely N-dealkylation sites (N-methyl/N-ethyl adjacent to an activating group) is 1. The largest absolute Gasteiger partial charge is 0.493 e. The SMILES string of the molecule is CCN(Cc1ccc(OCc2cccs2)c(OC)c1)C(=O)Cn1ccccc1=O. The number of nitrogens with zero attached hydrogens (tertiary/aromatic N) is 2. The van der Waals surface area contributed by atoms with E-state index in [1.54, 1.807) is 41.7 Å². The van der Waals surface area contributed by atoms with Gasteiger partial charge in [0.25, 0.3) is 5.56 Å². The summed E-state index contributed by atoms with van der Waals surface area (Å²) in [5.41, 5.74) is 0.742. The van der Waals surface area contributed by atoms with E-state index in [0.717, 1.165) is 10.4 Å². The number of ether oxygens (including phenoxy) is 2. The fourth-order valence-electron chi connectivity index (χ4n) is 2.91. The fourth-order valence-corrected chi connectivity index (χ4v) is 3.52. The first kappa shape index (κ1) is 20.7. The van der Waals surface area contributed by atoms with Gasteiger partial charge >= 0.3 is 0 Å². The number of carbonyl (C=O) groups excluding carboxylic acids is 1. The second-order valence-corrected chi connectivity index (χ2v) is 7.46. The van der Waals surface area contributed by atoms with E-state index in [9.17, 15) is 9.59 Å². The molecule has 0 N–H and O–H groups in total. The van der Waals surface area contributed by atoms with Crippen LogP contribution in [0.4, 0.5) is 0 Å². The van der Waals surface area contributed by atoms with Crippen LogP contribution in [0, 0.1) is 0 Å². The molecule has 0 aliphatic carbocycles. The Morgan fingerprint density at radius 1 is 1.14 bits per heavy atom. The highest BCUT2D eigenvalue weighted by atomic mass is 32.1. The molecule has 1 aromatic carbocycles. The molecule has 0 saturated heterocycles. The first-order valence-corrected chi connectivity index (χ1v) is 10.2. The molecule has 152 valence electrons. The molecule has 6 nitrogen and oxygen atoms in total. The third-order valence-corrected chi connectivity index (χ3v) is 5.34. The van der Waals surface area contributed by atoms with Crippen molar-refractivity contribution in [3.63, 3.8) is 0 Å². The Bertz CT molecular complexity index is 998. The highest BCUT2D eigenvalue weighted by Crippen LogP contribution is 2.29. The zero-order valence-corrected chi connectivity index (χ0v) is 17.4. The lowest BCUT2D eigenvalue weighted by molar-refractivity contribution is -0.132. The van der Waals surface area contributed by atoms with Crippen LogP contribution in [-0.4, -0.2) is 29.0 Å². The van der Waals surface area contributed by atoms with Crippen molar-refractivity contribution in [2.75, 3.05) is 13.7 Å². The van der Waals surface area contributed by atoms with E-state index in [4.69, 9.17) is 9.47 Å². The van der Waals surface area contributed by atoms with Crippen molar-refractivity contribution in [3.8, 4) is 11.5 Å². The highest BCUT2D eigenvalue weighted by molar-refractivity contribution is 7.09. The maximum absolute atomic E-state index is 12.7. The summed E-state index contributed by atoms with van der Waals surface area (Å²) in [5, 5.41) is 2.01. The van der Waals surface area contributed by atoms with Gasteiger partial charge in [-0.1, -0.05) is 18.2 Å². The minimum absolute atomic E-state index is 0.0205. The Labute approximate surface area is 173 Å². The maximum atomic E-state index is 12.7. The fraction of sp³-hybridized carbons (Fsp3) is 0.273. The van der Waals surface area contributed by atoms with Gasteiger partial charge < -0.3 is 18.9 Å². The second-order valence-electron chi connectivity index (χ2n) is 6.43. The summed E-state index contributed by atoms with van der Waals surface area (Å²) in [7, 11) is 1.60. The van der Waals surface area contributed by atoms with Crippen LogP contribution < -0.4 is 15.0 Å². The van der Waals surface area contributed by atoms with Crippen molar-refractivity contribution in [2.45, 2.75) is 26.6 Å². The quantitative estimate of drug-likeness (QED) is 0.539. The van der Waals surface area contributed by atoms with Crippen LogP contribution >= 0.6 is 11.3 Å². The summed E-state index contributed by atoms with van der Waals surface area (Å²) >= 11 is 1.64. The van der Waals surface area contributed by atoms with Crippen molar-refractivity contribution < 1.29 is 14.3 Å². The Balaban J connectivity index is 1.67. The number of benzene rings is 1. The molecule has 0 radical (unpaired) electrons. The molecule has 0 fully saturated rings. The van der Waals surface area contributed by atoms with Crippen molar-refractivity contribution in [1.29, 1.82) is 0 Å². The smallest absolute Gasteiger partial charge is 0.250 e. The Morgan fingerprint density at radius 2 is 2.00 bits per heavy atom. The summed E-state index contributed by atoms with van der Waals surface area (Å²) in [4.78, 5) is 27.4. The van der Waals surface area contributed by atoms with Gasteiger partial charge in [0.15, 0.2) is 11.5 Å². The van der Waals surface area contributed by atoms with Crippen LogP contribution in [-0.2, 0) is 24.5 Å². The maximum Gasteiger partial charge on any atom is 0.250 e. The van der Waals surface area contributed by atoms with Crippen molar-refractivity contribution in [1.82, 2.24) is 9.47 Å². The predicted molar refractivity (Wildman–Crippen MR) is 113 cm³/mol. The molecule has 0 aliphatic rings. The standard InChI is InChI=1S/C22H24N2O4S/c1-3-23(22(26)15-24-11-5-4-8-21(24)25)14-17-9-10-19(20(13-17)27-2)28-16-18-7-6-12-29-18/h4-13H,3,14-16H2,1-2H3. The number of pyridine rings is 1. The van der Waals surface area contributed by atoms with E-state index in [2.05, 4.69) is 0 Å². The van der Waals surface area contributed by atoms with E-state index in [0.29, 0.717) is 31.2 Å². The van der Waals surface area contributed by atoms with Crippen LogP contribution in [0.15, 0.2) is 64.9 Å². The van der Waals surface area contributed by atoms with Gasteiger partial charge in [-0.05, 0) is 42.1 Å². The monoisotopic (exact) mass is 412 g/mol. The average Bonchev–Trinajstić information content (AvgIpc) is 3.26. The Morgan fingerprint density at radius 3 is 2.69 bits per heavy atom. The number of aromatic nitrogens is 1. The zero-order valence-electron chi connectivity index (χ0n) is 16.5. The number of rotatable bonds is 9. The molecule has 1 amide bonds. The minimum atomic E-state index is -0.189. The van der Waals surface area contributed by atoms with Gasteiger partial charge in [0, 0.05) is 30.2 Å². The van der Waals surface area contributed by atoms with E-state index in [-0.39, 0.29) is 18.0 Å². The first-order chi connectivity index (χ1) is 14.1. The molecule has 29 heavy (non-hydrogen) atoms. The van der Waals surface area contributed by atoms with Gasteiger partial charge in [-0.25, -0.2) is 0 Å². The highest BCUT2D eigenvalue weighted by Gasteiger charge is 2.15. The number of amides is 1. The van der Waals surface area contributed by atoms with E-state index in [1.807, 2.05) is 42.6 Å². The Kier molecular flexibility index (Phi) is 7.08. The molecule has 3 aromatic rings. The van der Waals surface area contributed by atoms with Crippen molar-refractivity contribution in [2.24, 2.45) is 0 Å². The van der Waals surface area contributed by atoms with Crippen LogP contribution in [0.25, 0.3) is 0 Å². The zero-order chi connectivity index (χ0) is 20.6. The summed E-state index contributed by atoms with van der Waals surface area (Å²) in [6.07, 6.45) is 1.62. The predicted octanol–water partition coefficient (Wildman–Crippen LogP) is 3.55. The number of thiophene rings is 1. The molecule has 3 rings (SSSR count). The van der Waals surface area contributed by atoms with Crippen LogP contribution in [0.3, 0.4) is 0 Å². The van der Waals surface area contributed by atoms with Gasteiger partial charge in [0.2, 0.25) is 5.91 Å². The van der Waals surface area contributed by atoms with Gasteiger partial charge in [0.05, 0.1) is 7.11 Å². The lowest BCUT2D eigenvalue weighted by atomic mass is 10.2. The van der Waals surface area contributed by atoms with Crippen molar-refractivity contribution in [3.05, 3.63) is 80.9 Å². The molecule has 0 atom stereocenters. The van der Waals surface area contributed by atoms with Crippen LogP contribution in [0.1, 0.15) is 17.4 Å². The summed E-state index contributed by atoms with van der Waals surface area (Å²) in [5.74, 6) is 1.18. The van der Waals surface area contributed by atoms with Gasteiger partial charge in [-0.3, -0.25) is 9.59 Å². The number of carbonyl (C=O) groups is 1. The molecule has 7 heteroatoms. The topological polar surface area (TPSA) is 60.8 Å². The van der Waals surface area contributed by atoms with Gasteiger partial charge in [-0.2, -0.15) is 0 Å². The van der Waals surface area contributed by atoms with Crippen molar-refractivity contribution >= 4 is 17.2 Å². The normalized spacial score (nSPS) is 10.6. The number of methoxy groups -OCH3 is 1. The summed E-state index contributed by atoms with van der Waals surface area (Å²) < 4.78 is 12.7. The summed E-state index contributed by atoms with van der Waals surface area (Å²) in [6, 6.07) is 14.5. The molecule has 0 bridgehead atoms. The molecular weight excluding hydrogens is 388 g/mol. The minimum Gasteiger partial charge on any atom is -0.493 e. The third kappa shape index (κ3) is 5.48. The molecule has 2 aromatic heterocycles. The van der Waals surface area contributed by atoms with E-state index in [1.165, 1.54) is 10.6 Å². The number of hydrogen-bond donors (Lipinski definition) is 0. The molecular formula is C22H24N2O4S. The molecule has 0 unspecified atom stereocenters. The average molecular weight is 413 g/mol. The van der Waals surface area contributed by atoms with Crippen LogP contribution in [0.2, 0.25) is 0 Å². The molecule has 0 aliphatic heterocycles. The molecule has 0 spiro atoms. The van der Waals surface area contributed by atoms with E-state index < -0.39 is 0 Å². The first-order valence-electron chi connectivity index (χ1n) is 9.36. The second kappa shape index (κ2) is 9.93. The lowest BCUT2D eigenvalue weighted by Gasteiger charge is -2.22. The molecule has 2 heterocycles. The Hall–Kier alpha value is -3.06. The lowest BCUT2D eigenvalue weighted by Crippen LogP contribution is -2.35. The number of hydrogen-bond acceptors (Lipinski definition) is 5. The van der Waals surface area contributed by atoms with Gasteiger partial charge in [0.1, 0.15) is 13.2 Å². The summed E-state index contributed by atoms with van der Waals surface area (Å²) in [6.45, 7) is 3.39. The van der Waals surface area contributed by atoms with Crippen LogP contribution in [0.5, 0.6) is 11.5 Å². The third-order valence-electron chi connectivity index (χ3n) is 4.49. The van der Waals surface area contributed by atoms with E-state index >= 15 is 0 Å². The molecule has 0 saturated carbocycles.